The van der Waals surface area contributed by atoms with E-state index in [4.69, 9.17) is 9.47 Å². The van der Waals surface area contributed by atoms with Crippen LogP contribution in [0.5, 0.6) is 5.75 Å². The van der Waals surface area contributed by atoms with E-state index in [-0.39, 0.29) is 25.1 Å². The SMILES string of the molecule is O=C(COc1ccc([C@@H]2Cc3ccccc3C(=O)O2)cc1)N[C@@H](Cc1ccccc1)C(=O)O. The van der Waals surface area contributed by atoms with Crippen LogP contribution < -0.4 is 10.1 Å². The Morgan fingerprint density at radius 1 is 1.00 bits per heavy atom. The van der Waals surface area contributed by atoms with Crippen molar-refractivity contribution >= 4 is 17.8 Å². The largest absolute Gasteiger partial charge is 0.484 e. The lowest BCUT2D eigenvalue weighted by Crippen LogP contribution is -2.44. The predicted molar refractivity (Wildman–Crippen MR) is 120 cm³/mol. The molecule has 2 N–H and O–H groups in total. The smallest absolute Gasteiger partial charge is 0.339 e. The number of nitrogens with one attached hydrogen (secondary N) is 1. The molecule has 2 atom stereocenters. The number of esters is 1. The summed E-state index contributed by atoms with van der Waals surface area (Å²) < 4.78 is 11.1. The van der Waals surface area contributed by atoms with Gasteiger partial charge in [-0.2, -0.15) is 0 Å². The number of cyclic esters (lactones) is 1. The number of carboxylic acids is 1. The molecule has 33 heavy (non-hydrogen) atoms. The summed E-state index contributed by atoms with van der Waals surface area (Å²) in [6.45, 7) is -0.316. The molecule has 1 amide bonds. The van der Waals surface area contributed by atoms with E-state index in [9.17, 15) is 19.5 Å². The van der Waals surface area contributed by atoms with Crippen LogP contribution in [-0.2, 0) is 27.2 Å². The number of carbonyl (C=O) groups excluding carboxylic acids is 2. The van der Waals surface area contributed by atoms with E-state index in [1.54, 1.807) is 30.3 Å². The number of aliphatic carboxylic acids is 1. The van der Waals surface area contributed by atoms with Gasteiger partial charge in [0.2, 0.25) is 0 Å². The molecule has 3 aromatic carbocycles. The Labute approximate surface area is 191 Å². The highest BCUT2D eigenvalue weighted by Crippen LogP contribution is 2.31. The van der Waals surface area contributed by atoms with Gasteiger partial charge in [0, 0.05) is 12.8 Å². The normalized spacial score (nSPS) is 15.6. The summed E-state index contributed by atoms with van der Waals surface area (Å²) in [5.41, 5.74) is 3.17. The predicted octanol–water partition coefficient (Wildman–Crippen LogP) is 3.33. The van der Waals surface area contributed by atoms with Crippen molar-refractivity contribution in [1.29, 1.82) is 0 Å². The van der Waals surface area contributed by atoms with Crippen molar-refractivity contribution in [3.63, 3.8) is 0 Å². The van der Waals surface area contributed by atoms with Gasteiger partial charge in [0.25, 0.3) is 5.91 Å². The number of carboxylic acid groups (broad SMARTS) is 1. The number of rotatable bonds is 8. The summed E-state index contributed by atoms with van der Waals surface area (Å²) in [7, 11) is 0. The van der Waals surface area contributed by atoms with E-state index in [0.717, 1.165) is 16.7 Å². The lowest BCUT2D eigenvalue weighted by atomic mass is 9.95. The van der Waals surface area contributed by atoms with Gasteiger partial charge in [-0.25, -0.2) is 9.59 Å². The monoisotopic (exact) mass is 445 g/mol. The van der Waals surface area contributed by atoms with Crippen LogP contribution in [0.2, 0.25) is 0 Å². The first-order valence-electron chi connectivity index (χ1n) is 10.6. The third kappa shape index (κ3) is 5.57. The van der Waals surface area contributed by atoms with Crippen LogP contribution in [0.1, 0.15) is 33.2 Å². The molecule has 3 aromatic rings. The van der Waals surface area contributed by atoms with Gasteiger partial charge in [-0.05, 0) is 34.9 Å². The number of amides is 1. The molecule has 4 rings (SSSR count). The highest BCUT2D eigenvalue weighted by Gasteiger charge is 2.27. The van der Waals surface area contributed by atoms with Crippen LogP contribution in [0, 0.1) is 0 Å². The summed E-state index contributed by atoms with van der Waals surface area (Å²) in [6.07, 6.45) is 0.376. The minimum Gasteiger partial charge on any atom is -0.484 e. The molecule has 0 aromatic heterocycles. The van der Waals surface area contributed by atoms with Crippen LogP contribution in [0.4, 0.5) is 0 Å². The molecule has 0 bridgehead atoms. The van der Waals surface area contributed by atoms with Crippen molar-refractivity contribution in [1.82, 2.24) is 5.32 Å². The van der Waals surface area contributed by atoms with E-state index >= 15 is 0 Å². The van der Waals surface area contributed by atoms with Gasteiger partial charge in [-0.15, -0.1) is 0 Å². The average molecular weight is 445 g/mol. The van der Waals surface area contributed by atoms with Gasteiger partial charge >= 0.3 is 11.9 Å². The molecular formula is C26H23NO6. The summed E-state index contributed by atoms with van der Waals surface area (Å²) >= 11 is 0. The van der Waals surface area contributed by atoms with Crippen molar-refractivity contribution in [2.24, 2.45) is 0 Å². The van der Waals surface area contributed by atoms with Gasteiger partial charge < -0.3 is 19.9 Å². The zero-order valence-electron chi connectivity index (χ0n) is 17.8. The second kappa shape index (κ2) is 9.99. The number of hydrogen-bond acceptors (Lipinski definition) is 5. The zero-order chi connectivity index (χ0) is 23.2. The average Bonchev–Trinajstić information content (AvgIpc) is 2.83. The Balaban J connectivity index is 1.31. The molecule has 0 fully saturated rings. The third-order valence-electron chi connectivity index (χ3n) is 5.43. The van der Waals surface area contributed by atoms with E-state index in [2.05, 4.69) is 5.32 Å². The standard InChI is InChI=1S/C26H23NO6/c28-24(27-22(25(29)30)14-17-6-2-1-3-7-17)16-32-20-12-10-18(11-13-20)23-15-19-8-4-5-9-21(19)26(31)33-23/h1-13,22-23H,14-16H2,(H,27,28)(H,29,30)/t22-,23-/m0/s1. The fraction of sp³-hybridized carbons (Fsp3) is 0.192. The van der Waals surface area contributed by atoms with Gasteiger partial charge in [0.15, 0.2) is 6.61 Å². The lowest BCUT2D eigenvalue weighted by Gasteiger charge is -2.25. The molecule has 1 aliphatic rings. The van der Waals surface area contributed by atoms with Crippen LogP contribution >= 0.6 is 0 Å². The highest BCUT2D eigenvalue weighted by atomic mass is 16.5. The Kier molecular flexibility index (Phi) is 6.69. The molecule has 0 saturated heterocycles. The molecule has 0 aliphatic carbocycles. The maximum absolute atomic E-state index is 12.2. The Morgan fingerprint density at radius 3 is 2.42 bits per heavy atom. The first-order chi connectivity index (χ1) is 16.0. The van der Waals surface area contributed by atoms with Crippen molar-refractivity contribution in [3.05, 3.63) is 101 Å². The number of benzene rings is 3. The third-order valence-corrected chi connectivity index (χ3v) is 5.43. The van der Waals surface area contributed by atoms with Crippen molar-refractivity contribution in [2.75, 3.05) is 6.61 Å². The molecule has 0 unspecified atom stereocenters. The summed E-state index contributed by atoms with van der Waals surface area (Å²) in [6, 6.07) is 22.4. The topological polar surface area (TPSA) is 102 Å². The van der Waals surface area contributed by atoms with Gasteiger partial charge in [0.1, 0.15) is 17.9 Å². The van der Waals surface area contributed by atoms with Gasteiger partial charge in [0.05, 0.1) is 5.56 Å². The molecule has 0 radical (unpaired) electrons. The maximum Gasteiger partial charge on any atom is 0.339 e. The van der Waals surface area contributed by atoms with Crippen molar-refractivity contribution in [2.45, 2.75) is 25.0 Å². The van der Waals surface area contributed by atoms with Crippen LogP contribution in [-0.4, -0.2) is 35.6 Å². The fourth-order valence-electron chi connectivity index (χ4n) is 3.73. The van der Waals surface area contributed by atoms with E-state index in [1.165, 1.54) is 0 Å². The van der Waals surface area contributed by atoms with E-state index < -0.39 is 17.9 Å². The van der Waals surface area contributed by atoms with Crippen LogP contribution in [0.25, 0.3) is 0 Å². The fourth-order valence-corrected chi connectivity index (χ4v) is 3.73. The Hall–Kier alpha value is -4.13. The van der Waals surface area contributed by atoms with Crippen molar-refractivity contribution in [3.8, 4) is 5.75 Å². The molecular weight excluding hydrogens is 422 g/mol. The Bertz CT molecular complexity index is 1140. The molecule has 1 heterocycles. The molecule has 168 valence electrons. The van der Waals surface area contributed by atoms with Crippen LogP contribution in [0.3, 0.4) is 0 Å². The first kappa shape index (κ1) is 22.1. The summed E-state index contributed by atoms with van der Waals surface area (Å²) in [4.78, 5) is 36.0. The lowest BCUT2D eigenvalue weighted by molar-refractivity contribution is -0.142. The number of carbonyl (C=O) groups is 3. The number of ether oxygens (including phenoxy) is 2. The molecule has 0 spiro atoms. The van der Waals surface area contributed by atoms with Crippen LogP contribution in [0.15, 0.2) is 78.9 Å². The second-order valence-corrected chi connectivity index (χ2v) is 7.76. The van der Waals surface area contributed by atoms with E-state index in [0.29, 0.717) is 17.7 Å². The number of hydrogen-bond donors (Lipinski definition) is 2. The Morgan fingerprint density at radius 2 is 1.70 bits per heavy atom. The zero-order valence-corrected chi connectivity index (χ0v) is 17.8. The molecule has 0 saturated carbocycles. The summed E-state index contributed by atoms with van der Waals surface area (Å²) in [5.74, 6) is -1.53. The molecule has 7 nitrogen and oxygen atoms in total. The van der Waals surface area contributed by atoms with Gasteiger partial charge in [-0.3, -0.25) is 4.79 Å². The van der Waals surface area contributed by atoms with Gasteiger partial charge in [-0.1, -0.05) is 60.7 Å². The highest BCUT2D eigenvalue weighted by molar-refractivity contribution is 5.92. The minimum absolute atomic E-state index is 0.180. The quantitative estimate of drug-likeness (QED) is 0.516. The first-order valence-corrected chi connectivity index (χ1v) is 10.6. The summed E-state index contributed by atoms with van der Waals surface area (Å²) in [5, 5.41) is 11.9. The minimum atomic E-state index is -1.11. The number of fused-ring (bicyclic) bond motifs is 1. The van der Waals surface area contributed by atoms with E-state index in [1.807, 2.05) is 48.5 Å². The maximum atomic E-state index is 12.2. The second-order valence-electron chi connectivity index (χ2n) is 7.76. The van der Waals surface area contributed by atoms with Crippen molar-refractivity contribution < 1.29 is 29.0 Å². The molecule has 1 aliphatic heterocycles. The molecule has 7 heteroatoms.